The molecule has 2 aromatic heterocycles. The van der Waals surface area contributed by atoms with Crippen LogP contribution in [-0.4, -0.2) is 21.0 Å². The Balaban J connectivity index is 2.46. The summed E-state index contributed by atoms with van der Waals surface area (Å²) in [5, 5.41) is 8.76. The summed E-state index contributed by atoms with van der Waals surface area (Å²) in [6, 6.07) is 8.39. The summed E-state index contributed by atoms with van der Waals surface area (Å²) in [5.74, 6) is -1.09. The third kappa shape index (κ3) is 2.01. The third-order valence-electron chi connectivity index (χ3n) is 2.01. The summed E-state index contributed by atoms with van der Waals surface area (Å²) in [4.78, 5) is 18.8. The molecule has 4 nitrogen and oxygen atoms in total. The zero-order valence-corrected chi connectivity index (χ0v) is 8.85. The van der Waals surface area contributed by atoms with Crippen LogP contribution in [0.15, 0.2) is 36.5 Å². The average molecular weight is 235 g/mol. The Hall–Kier alpha value is -1.94. The summed E-state index contributed by atoms with van der Waals surface area (Å²) in [6.45, 7) is 0. The van der Waals surface area contributed by atoms with Gasteiger partial charge in [0.15, 0.2) is 0 Å². The molecule has 0 amide bonds. The van der Waals surface area contributed by atoms with Crippen molar-refractivity contribution in [1.29, 1.82) is 0 Å². The summed E-state index contributed by atoms with van der Waals surface area (Å²) >= 11 is 5.75. The van der Waals surface area contributed by atoms with Crippen molar-refractivity contribution >= 4 is 17.6 Å². The lowest BCUT2D eigenvalue weighted by molar-refractivity contribution is 0.0696. The van der Waals surface area contributed by atoms with E-state index in [1.165, 1.54) is 6.07 Å². The molecule has 1 N–H and O–H groups in total. The molecule has 0 spiro atoms. The molecular weight excluding hydrogens is 228 g/mol. The Bertz CT molecular complexity index is 529. The van der Waals surface area contributed by atoms with Gasteiger partial charge >= 0.3 is 5.97 Å². The van der Waals surface area contributed by atoms with E-state index in [9.17, 15) is 4.79 Å². The van der Waals surface area contributed by atoms with Gasteiger partial charge in [0.1, 0.15) is 5.15 Å². The number of hydrogen-bond acceptors (Lipinski definition) is 3. The molecule has 0 saturated heterocycles. The predicted octanol–water partition coefficient (Wildman–Crippen LogP) is 2.50. The van der Waals surface area contributed by atoms with E-state index in [2.05, 4.69) is 9.97 Å². The highest BCUT2D eigenvalue weighted by Gasteiger charge is 2.11. The first-order valence-electron chi connectivity index (χ1n) is 4.50. The second-order valence-corrected chi connectivity index (χ2v) is 3.41. The number of hydrogen-bond donors (Lipinski definition) is 1. The Labute approximate surface area is 96.6 Å². The molecule has 2 aromatic rings. The maximum atomic E-state index is 10.7. The number of aromatic carboxylic acids is 1. The van der Waals surface area contributed by atoms with Crippen molar-refractivity contribution in [2.24, 2.45) is 0 Å². The Morgan fingerprint density at radius 3 is 2.56 bits per heavy atom. The number of pyridine rings is 2. The van der Waals surface area contributed by atoms with Gasteiger partial charge in [0.05, 0.1) is 17.0 Å². The lowest BCUT2D eigenvalue weighted by Crippen LogP contribution is -1.99. The van der Waals surface area contributed by atoms with E-state index in [1.807, 2.05) is 6.07 Å². The van der Waals surface area contributed by atoms with Gasteiger partial charge in [0.2, 0.25) is 0 Å². The van der Waals surface area contributed by atoms with Crippen molar-refractivity contribution in [2.75, 3.05) is 0 Å². The number of carboxylic acids is 1. The molecule has 16 heavy (non-hydrogen) atoms. The minimum Gasteiger partial charge on any atom is -0.478 e. The molecule has 0 radical (unpaired) electrons. The quantitative estimate of drug-likeness (QED) is 0.811. The molecule has 0 bridgehead atoms. The normalized spacial score (nSPS) is 10.1. The second kappa shape index (κ2) is 4.28. The van der Waals surface area contributed by atoms with Crippen LogP contribution in [0.3, 0.4) is 0 Å². The number of nitrogens with zero attached hydrogens (tertiary/aromatic N) is 2. The zero-order valence-electron chi connectivity index (χ0n) is 8.09. The molecule has 2 heterocycles. The Morgan fingerprint density at radius 2 is 2.00 bits per heavy atom. The van der Waals surface area contributed by atoms with Crippen LogP contribution in [0.1, 0.15) is 10.4 Å². The first kappa shape index (κ1) is 10.6. The van der Waals surface area contributed by atoms with Crippen LogP contribution in [0.25, 0.3) is 11.4 Å². The molecule has 5 heteroatoms. The number of carbonyl (C=O) groups is 1. The number of halogens is 1. The maximum Gasteiger partial charge on any atom is 0.338 e. The minimum atomic E-state index is -1.09. The fourth-order valence-corrected chi connectivity index (χ4v) is 1.49. The van der Waals surface area contributed by atoms with Crippen molar-refractivity contribution in [3.8, 4) is 11.4 Å². The third-order valence-corrected chi connectivity index (χ3v) is 2.29. The molecule has 0 unspecified atom stereocenters. The zero-order chi connectivity index (χ0) is 11.5. The van der Waals surface area contributed by atoms with Crippen LogP contribution in [0.4, 0.5) is 0 Å². The van der Waals surface area contributed by atoms with Gasteiger partial charge in [0, 0.05) is 6.20 Å². The molecule has 0 aromatic carbocycles. The fraction of sp³-hybridized carbons (Fsp3) is 0. The van der Waals surface area contributed by atoms with E-state index < -0.39 is 5.97 Å². The van der Waals surface area contributed by atoms with E-state index in [4.69, 9.17) is 16.7 Å². The number of rotatable bonds is 2. The van der Waals surface area contributed by atoms with Gasteiger partial charge in [-0.25, -0.2) is 9.78 Å². The summed E-state index contributed by atoms with van der Waals surface area (Å²) in [7, 11) is 0. The van der Waals surface area contributed by atoms with Gasteiger partial charge in [-0.1, -0.05) is 17.7 Å². The van der Waals surface area contributed by atoms with Crippen LogP contribution in [0.5, 0.6) is 0 Å². The van der Waals surface area contributed by atoms with Crippen LogP contribution in [0.2, 0.25) is 5.15 Å². The van der Waals surface area contributed by atoms with E-state index in [0.29, 0.717) is 11.4 Å². The molecule has 80 valence electrons. The van der Waals surface area contributed by atoms with Crippen LogP contribution >= 0.6 is 11.6 Å². The highest BCUT2D eigenvalue weighted by atomic mass is 35.5. The lowest BCUT2D eigenvalue weighted by atomic mass is 10.2. The SMILES string of the molecule is O=C(O)c1ccc(-c2ccccn2)nc1Cl. The van der Waals surface area contributed by atoms with E-state index in [1.54, 1.807) is 24.4 Å². The van der Waals surface area contributed by atoms with Crippen LogP contribution in [0, 0.1) is 0 Å². The van der Waals surface area contributed by atoms with Crippen LogP contribution < -0.4 is 0 Å². The smallest absolute Gasteiger partial charge is 0.338 e. The van der Waals surface area contributed by atoms with Crippen LogP contribution in [-0.2, 0) is 0 Å². The van der Waals surface area contributed by atoms with Crippen molar-refractivity contribution in [3.05, 3.63) is 47.2 Å². The molecule has 0 aliphatic heterocycles. The van der Waals surface area contributed by atoms with Gasteiger partial charge in [-0.15, -0.1) is 0 Å². The standard InChI is InChI=1S/C11H7ClN2O2/c12-10-7(11(15)16)4-5-9(14-10)8-3-1-2-6-13-8/h1-6H,(H,15,16). The van der Waals surface area contributed by atoms with Gasteiger partial charge < -0.3 is 5.11 Å². The highest BCUT2D eigenvalue weighted by Crippen LogP contribution is 2.19. The van der Waals surface area contributed by atoms with E-state index in [0.717, 1.165) is 0 Å². The van der Waals surface area contributed by atoms with Crippen molar-refractivity contribution < 1.29 is 9.90 Å². The molecule has 0 aliphatic rings. The molecule has 0 aliphatic carbocycles. The molecule has 0 fully saturated rings. The minimum absolute atomic E-state index is 0.0126. The summed E-state index contributed by atoms with van der Waals surface area (Å²) < 4.78 is 0. The second-order valence-electron chi connectivity index (χ2n) is 3.05. The summed E-state index contributed by atoms with van der Waals surface area (Å²) in [5.41, 5.74) is 1.19. The first-order chi connectivity index (χ1) is 7.68. The number of carboxylic acid groups (broad SMARTS) is 1. The lowest BCUT2D eigenvalue weighted by Gasteiger charge is -2.02. The number of aromatic nitrogens is 2. The molecule has 0 saturated carbocycles. The monoisotopic (exact) mass is 234 g/mol. The van der Waals surface area contributed by atoms with Gasteiger partial charge in [-0.05, 0) is 24.3 Å². The molecular formula is C11H7ClN2O2. The molecule has 0 atom stereocenters. The Morgan fingerprint density at radius 1 is 1.19 bits per heavy atom. The average Bonchev–Trinajstić information content (AvgIpc) is 2.29. The van der Waals surface area contributed by atoms with Gasteiger partial charge in [-0.3, -0.25) is 4.98 Å². The fourth-order valence-electron chi connectivity index (χ4n) is 1.25. The van der Waals surface area contributed by atoms with Crippen molar-refractivity contribution in [3.63, 3.8) is 0 Å². The van der Waals surface area contributed by atoms with Gasteiger partial charge in [-0.2, -0.15) is 0 Å². The van der Waals surface area contributed by atoms with E-state index in [-0.39, 0.29) is 10.7 Å². The molecule has 2 rings (SSSR count). The predicted molar refractivity (Wildman–Crippen MR) is 59.4 cm³/mol. The maximum absolute atomic E-state index is 10.7. The Kier molecular flexibility index (Phi) is 2.83. The topological polar surface area (TPSA) is 63.1 Å². The van der Waals surface area contributed by atoms with Crippen molar-refractivity contribution in [2.45, 2.75) is 0 Å². The van der Waals surface area contributed by atoms with E-state index >= 15 is 0 Å². The highest BCUT2D eigenvalue weighted by molar-refractivity contribution is 6.32. The van der Waals surface area contributed by atoms with Gasteiger partial charge in [0.25, 0.3) is 0 Å². The largest absolute Gasteiger partial charge is 0.478 e. The summed E-state index contributed by atoms with van der Waals surface area (Å²) in [6.07, 6.45) is 1.63. The first-order valence-corrected chi connectivity index (χ1v) is 4.87. The van der Waals surface area contributed by atoms with Crippen molar-refractivity contribution in [1.82, 2.24) is 9.97 Å².